The lowest BCUT2D eigenvalue weighted by Crippen LogP contribution is -2.38. The summed E-state index contributed by atoms with van der Waals surface area (Å²) in [6.45, 7) is 3.54. The Morgan fingerprint density at radius 3 is 2.62 bits per heavy atom. The fourth-order valence-corrected chi connectivity index (χ4v) is 7.22. The maximum absolute atomic E-state index is 13.2. The molecule has 0 aliphatic carbocycles. The zero-order valence-electron chi connectivity index (χ0n) is 21.4. The van der Waals surface area contributed by atoms with Gasteiger partial charge in [-0.05, 0) is 72.0 Å². The number of aromatic nitrogens is 4. The summed E-state index contributed by atoms with van der Waals surface area (Å²) in [5.74, 6) is 1.21. The standard InChI is InChI=1S/C28H30BrN7O2S/c29-25-19-32-36-27(31-18-21-6-4-12-30-17-21)16-26(33-28(25)36)22-10-14-34(15-11-22)20-23-7-5-13-35(23)39(37,38)24-8-2-1-3-9-24/h1-4,6-9,12,16-17,19,22,31H,5,10-11,13-15,18,20H2. The third-order valence-corrected chi connectivity index (χ3v) is 9.82. The smallest absolute Gasteiger partial charge is 0.264 e. The molecular formula is C28H30BrN7O2S. The van der Waals surface area contributed by atoms with Crippen LogP contribution in [-0.2, 0) is 16.6 Å². The van der Waals surface area contributed by atoms with Gasteiger partial charge in [0.15, 0.2) is 5.65 Å². The van der Waals surface area contributed by atoms with Gasteiger partial charge in [0.25, 0.3) is 10.0 Å². The topological polar surface area (TPSA) is 95.7 Å². The summed E-state index contributed by atoms with van der Waals surface area (Å²) in [5, 5.41) is 8.00. The maximum atomic E-state index is 13.2. The molecule has 0 atom stereocenters. The molecule has 2 aliphatic heterocycles. The molecular weight excluding hydrogens is 578 g/mol. The van der Waals surface area contributed by atoms with E-state index in [1.807, 2.05) is 28.9 Å². The Bertz CT molecular complexity index is 1580. The van der Waals surface area contributed by atoms with Crippen LogP contribution < -0.4 is 5.32 Å². The molecule has 0 radical (unpaired) electrons. The van der Waals surface area contributed by atoms with Crippen molar-refractivity contribution in [2.45, 2.75) is 36.6 Å². The van der Waals surface area contributed by atoms with Crippen LogP contribution in [0.15, 0.2) is 88.3 Å². The average Bonchev–Trinajstić information content (AvgIpc) is 3.60. The molecule has 11 heteroatoms. The van der Waals surface area contributed by atoms with Gasteiger partial charge < -0.3 is 5.32 Å². The summed E-state index contributed by atoms with van der Waals surface area (Å²) < 4.78 is 30.8. The maximum Gasteiger partial charge on any atom is 0.264 e. The van der Waals surface area contributed by atoms with Crippen LogP contribution in [0.2, 0.25) is 0 Å². The van der Waals surface area contributed by atoms with E-state index < -0.39 is 10.0 Å². The third kappa shape index (κ3) is 5.43. The number of hydrogen-bond donors (Lipinski definition) is 1. The Balaban J connectivity index is 1.14. The van der Waals surface area contributed by atoms with Gasteiger partial charge >= 0.3 is 0 Å². The van der Waals surface area contributed by atoms with Crippen molar-refractivity contribution in [3.8, 4) is 0 Å². The van der Waals surface area contributed by atoms with Gasteiger partial charge in [0.1, 0.15) is 5.82 Å². The number of benzene rings is 1. The molecule has 202 valence electrons. The first-order chi connectivity index (χ1) is 19.0. The van der Waals surface area contributed by atoms with Gasteiger partial charge in [0.2, 0.25) is 0 Å². The Labute approximate surface area is 236 Å². The number of anilines is 1. The van der Waals surface area contributed by atoms with E-state index in [2.05, 4.69) is 48.4 Å². The molecule has 6 rings (SSSR count). The molecule has 3 aromatic heterocycles. The third-order valence-electron chi connectivity index (χ3n) is 7.40. The van der Waals surface area contributed by atoms with Gasteiger partial charge in [-0.2, -0.15) is 9.61 Å². The van der Waals surface area contributed by atoms with Crippen molar-refractivity contribution in [1.82, 2.24) is 28.8 Å². The minimum Gasteiger partial charge on any atom is -0.366 e. The number of pyridine rings is 1. The molecule has 0 bridgehead atoms. The number of fused-ring (bicyclic) bond motifs is 1. The summed E-state index contributed by atoms with van der Waals surface area (Å²) >= 11 is 3.60. The number of piperidine rings is 1. The van der Waals surface area contributed by atoms with E-state index in [-0.39, 0.29) is 0 Å². The van der Waals surface area contributed by atoms with E-state index in [1.54, 1.807) is 41.0 Å². The largest absolute Gasteiger partial charge is 0.366 e. The second kappa shape index (κ2) is 11.1. The molecule has 4 aromatic rings. The minimum atomic E-state index is -3.54. The minimum absolute atomic E-state index is 0.314. The summed E-state index contributed by atoms with van der Waals surface area (Å²) in [6.07, 6.45) is 10.1. The SMILES string of the molecule is O=S(=O)(c1ccccc1)N1CCC=C1CN1CCC(c2cc(NCc3cccnc3)n3ncc(Br)c3n2)CC1. The quantitative estimate of drug-likeness (QED) is 0.311. The molecule has 1 aromatic carbocycles. The van der Waals surface area contributed by atoms with Gasteiger partial charge in [0.05, 0.1) is 15.6 Å². The Morgan fingerprint density at radius 2 is 1.85 bits per heavy atom. The van der Waals surface area contributed by atoms with E-state index in [9.17, 15) is 8.42 Å². The summed E-state index contributed by atoms with van der Waals surface area (Å²) in [4.78, 5) is 11.9. The van der Waals surface area contributed by atoms with Crippen LogP contribution in [0.25, 0.3) is 5.65 Å². The highest BCUT2D eigenvalue weighted by atomic mass is 79.9. The van der Waals surface area contributed by atoms with Crippen LogP contribution in [0, 0.1) is 0 Å². The molecule has 0 spiro atoms. The van der Waals surface area contributed by atoms with Gasteiger partial charge in [-0.1, -0.05) is 30.3 Å². The van der Waals surface area contributed by atoms with Gasteiger partial charge in [-0.25, -0.2) is 13.4 Å². The fraction of sp³-hybridized carbons (Fsp3) is 0.321. The number of nitrogens with zero attached hydrogens (tertiary/aromatic N) is 6. The van der Waals surface area contributed by atoms with Crippen LogP contribution >= 0.6 is 15.9 Å². The number of hydrogen-bond acceptors (Lipinski definition) is 7. The number of likely N-dealkylation sites (tertiary alicyclic amines) is 1. The van der Waals surface area contributed by atoms with Crippen molar-refractivity contribution in [2.24, 2.45) is 0 Å². The predicted molar refractivity (Wildman–Crippen MR) is 154 cm³/mol. The van der Waals surface area contributed by atoms with Gasteiger partial charge in [-0.15, -0.1) is 0 Å². The van der Waals surface area contributed by atoms with E-state index >= 15 is 0 Å². The zero-order valence-corrected chi connectivity index (χ0v) is 23.9. The van der Waals surface area contributed by atoms with Crippen LogP contribution in [0.1, 0.15) is 36.4 Å². The molecule has 1 saturated heterocycles. The van der Waals surface area contributed by atoms with E-state index in [1.165, 1.54) is 0 Å². The number of rotatable bonds is 8. The van der Waals surface area contributed by atoms with Crippen LogP contribution in [0.3, 0.4) is 0 Å². The first kappa shape index (κ1) is 26.0. The normalized spacial score (nSPS) is 17.1. The zero-order chi connectivity index (χ0) is 26.8. The van der Waals surface area contributed by atoms with Crippen LogP contribution in [0.5, 0.6) is 0 Å². The van der Waals surface area contributed by atoms with E-state index in [0.29, 0.717) is 30.4 Å². The lowest BCUT2D eigenvalue weighted by atomic mass is 9.93. The Hall–Kier alpha value is -3.28. The molecule has 0 amide bonds. The first-order valence-electron chi connectivity index (χ1n) is 13.2. The number of halogens is 1. The number of sulfonamides is 1. The highest BCUT2D eigenvalue weighted by Gasteiger charge is 2.31. The second-order valence-electron chi connectivity index (χ2n) is 9.93. The molecule has 39 heavy (non-hydrogen) atoms. The van der Waals surface area contributed by atoms with Crippen molar-refractivity contribution in [1.29, 1.82) is 0 Å². The molecule has 0 saturated carbocycles. The summed E-state index contributed by atoms with van der Waals surface area (Å²) in [7, 11) is -3.54. The molecule has 1 fully saturated rings. The summed E-state index contributed by atoms with van der Waals surface area (Å²) in [5.41, 5.74) is 3.81. The number of nitrogens with one attached hydrogen (secondary N) is 1. The lowest BCUT2D eigenvalue weighted by molar-refractivity contribution is 0.218. The van der Waals surface area contributed by atoms with Crippen molar-refractivity contribution in [3.63, 3.8) is 0 Å². The molecule has 5 heterocycles. The Morgan fingerprint density at radius 1 is 1.03 bits per heavy atom. The average molecular weight is 609 g/mol. The second-order valence-corrected chi connectivity index (χ2v) is 12.7. The van der Waals surface area contributed by atoms with Crippen LogP contribution in [-0.4, -0.2) is 63.4 Å². The first-order valence-corrected chi connectivity index (χ1v) is 15.4. The molecule has 1 N–H and O–H groups in total. The molecule has 2 aliphatic rings. The van der Waals surface area contributed by atoms with Crippen molar-refractivity contribution < 1.29 is 8.42 Å². The fourth-order valence-electron chi connectivity index (χ4n) is 5.33. The monoisotopic (exact) mass is 607 g/mol. The summed E-state index contributed by atoms with van der Waals surface area (Å²) in [6, 6.07) is 14.8. The van der Waals surface area contributed by atoms with Crippen molar-refractivity contribution in [2.75, 3.05) is 31.5 Å². The Kier molecular flexibility index (Phi) is 7.37. The van der Waals surface area contributed by atoms with Crippen molar-refractivity contribution in [3.05, 3.63) is 94.6 Å². The van der Waals surface area contributed by atoms with Gasteiger partial charge in [0, 0.05) is 55.4 Å². The predicted octanol–water partition coefficient (Wildman–Crippen LogP) is 4.66. The van der Waals surface area contributed by atoms with E-state index in [0.717, 1.165) is 65.2 Å². The van der Waals surface area contributed by atoms with Gasteiger partial charge in [-0.3, -0.25) is 14.2 Å². The highest BCUT2D eigenvalue weighted by Crippen LogP contribution is 2.32. The van der Waals surface area contributed by atoms with E-state index in [4.69, 9.17) is 4.98 Å². The highest BCUT2D eigenvalue weighted by molar-refractivity contribution is 9.10. The molecule has 0 unspecified atom stereocenters. The lowest BCUT2D eigenvalue weighted by Gasteiger charge is -2.34. The van der Waals surface area contributed by atoms with Crippen molar-refractivity contribution >= 4 is 37.4 Å². The van der Waals surface area contributed by atoms with Crippen LogP contribution in [0.4, 0.5) is 5.82 Å². The molecule has 9 nitrogen and oxygen atoms in total.